The van der Waals surface area contributed by atoms with Crippen molar-refractivity contribution < 1.29 is 17.9 Å². The van der Waals surface area contributed by atoms with Crippen molar-refractivity contribution in [3.8, 4) is 5.75 Å². The molecular formula is C22H28Cl2N2O4S. The fourth-order valence-corrected chi connectivity index (χ4v) is 4.74. The molecule has 0 saturated carbocycles. The van der Waals surface area contributed by atoms with Gasteiger partial charge in [-0.15, -0.1) is 0 Å². The van der Waals surface area contributed by atoms with Crippen LogP contribution in [-0.4, -0.2) is 34.2 Å². The van der Waals surface area contributed by atoms with Crippen molar-refractivity contribution in [2.75, 3.05) is 24.2 Å². The summed E-state index contributed by atoms with van der Waals surface area (Å²) >= 11 is 12.2. The molecule has 0 aromatic heterocycles. The minimum absolute atomic E-state index is 0.116. The van der Waals surface area contributed by atoms with Crippen LogP contribution in [0.5, 0.6) is 5.75 Å². The zero-order chi connectivity index (χ0) is 23.2. The highest BCUT2D eigenvalue weighted by atomic mass is 35.5. The predicted octanol–water partition coefficient (Wildman–Crippen LogP) is 5.12. The van der Waals surface area contributed by atoms with Gasteiger partial charge in [0, 0.05) is 18.0 Å². The minimum Gasteiger partial charge on any atom is -0.496 e. The van der Waals surface area contributed by atoms with E-state index in [9.17, 15) is 13.2 Å². The van der Waals surface area contributed by atoms with Crippen LogP contribution in [0.25, 0.3) is 0 Å². The van der Waals surface area contributed by atoms with Crippen molar-refractivity contribution in [1.29, 1.82) is 0 Å². The number of halogens is 2. The predicted molar refractivity (Wildman–Crippen MR) is 127 cm³/mol. The summed E-state index contributed by atoms with van der Waals surface area (Å²) in [4.78, 5) is 12.5. The molecule has 2 rings (SSSR count). The Bertz CT molecular complexity index is 1030. The van der Waals surface area contributed by atoms with Crippen molar-refractivity contribution in [3.05, 3.63) is 57.6 Å². The molecule has 0 aliphatic heterocycles. The quantitative estimate of drug-likeness (QED) is 0.505. The third kappa shape index (κ3) is 7.02. The number of hydrogen-bond donors (Lipinski definition) is 1. The Morgan fingerprint density at radius 1 is 1.19 bits per heavy atom. The largest absolute Gasteiger partial charge is 0.496 e. The van der Waals surface area contributed by atoms with E-state index in [0.717, 1.165) is 29.6 Å². The van der Waals surface area contributed by atoms with E-state index in [-0.39, 0.29) is 29.9 Å². The second kappa shape index (κ2) is 11.1. The van der Waals surface area contributed by atoms with Gasteiger partial charge >= 0.3 is 0 Å². The summed E-state index contributed by atoms with van der Waals surface area (Å²) in [5.41, 5.74) is 2.30. The van der Waals surface area contributed by atoms with Crippen LogP contribution in [0.15, 0.2) is 36.4 Å². The lowest BCUT2D eigenvalue weighted by atomic mass is 10.0. The molecule has 1 N–H and O–H groups in total. The Kier molecular flexibility index (Phi) is 9.03. The summed E-state index contributed by atoms with van der Waals surface area (Å²) in [6.07, 6.45) is 2.34. The summed E-state index contributed by atoms with van der Waals surface area (Å²) in [5, 5.41) is 3.68. The Hall–Kier alpha value is -1.96. The van der Waals surface area contributed by atoms with Gasteiger partial charge in [-0.05, 0) is 55.2 Å². The number of amides is 1. The number of methoxy groups -OCH3 is 1. The maximum atomic E-state index is 12.5. The number of carbonyl (C=O) groups is 1. The summed E-state index contributed by atoms with van der Waals surface area (Å²) in [5.74, 6) is 0.649. The summed E-state index contributed by atoms with van der Waals surface area (Å²) in [6, 6.07) is 10.3. The van der Waals surface area contributed by atoms with E-state index >= 15 is 0 Å². The van der Waals surface area contributed by atoms with Crippen molar-refractivity contribution >= 4 is 44.8 Å². The van der Waals surface area contributed by atoms with Gasteiger partial charge in [-0.25, -0.2) is 8.42 Å². The first-order valence-corrected chi connectivity index (χ1v) is 12.5. The van der Waals surface area contributed by atoms with E-state index in [0.29, 0.717) is 17.1 Å². The first-order valence-electron chi connectivity index (χ1n) is 9.93. The molecule has 0 saturated heterocycles. The van der Waals surface area contributed by atoms with Crippen LogP contribution in [0, 0.1) is 6.92 Å². The summed E-state index contributed by atoms with van der Waals surface area (Å²) in [7, 11) is -1.97. The number of sulfonamides is 1. The minimum atomic E-state index is -3.59. The fourth-order valence-electron chi connectivity index (χ4n) is 3.33. The number of benzene rings is 2. The molecule has 2 aromatic rings. The van der Waals surface area contributed by atoms with Gasteiger partial charge in [0.2, 0.25) is 15.9 Å². The zero-order valence-electron chi connectivity index (χ0n) is 18.1. The second-order valence-corrected chi connectivity index (χ2v) is 10.0. The standard InChI is InChI=1S/C22H28Cl2N2O4S/c1-5-19(16-8-11-21(30-3)15(2)13-16)25-22(27)7-6-12-26(31(4,28)29)20-14-17(23)9-10-18(20)24/h8-11,13-14,19H,5-7,12H2,1-4H3,(H,25,27)/t19-/m0/s1. The summed E-state index contributed by atoms with van der Waals surface area (Å²) < 4.78 is 31.0. The molecule has 6 nitrogen and oxygen atoms in total. The lowest BCUT2D eigenvalue weighted by Gasteiger charge is -2.24. The average Bonchev–Trinajstić information content (AvgIpc) is 2.70. The monoisotopic (exact) mass is 486 g/mol. The van der Waals surface area contributed by atoms with Crippen molar-refractivity contribution in [1.82, 2.24) is 5.32 Å². The average molecular weight is 487 g/mol. The highest BCUT2D eigenvalue weighted by Gasteiger charge is 2.21. The maximum Gasteiger partial charge on any atom is 0.232 e. The molecule has 2 aromatic carbocycles. The van der Waals surface area contributed by atoms with Gasteiger partial charge in [-0.1, -0.05) is 42.3 Å². The van der Waals surface area contributed by atoms with Gasteiger partial charge in [-0.3, -0.25) is 9.10 Å². The van der Waals surface area contributed by atoms with Gasteiger partial charge < -0.3 is 10.1 Å². The van der Waals surface area contributed by atoms with Crippen molar-refractivity contribution in [2.45, 2.75) is 39.2 Å². The topological polar surface area (TPSA) is 75.7 Å². The summed E-state index contributed by atoms with van der Waals surface area (Å²) in [6.45, 7) is 4.07. The normalized spacial score (nSPS) is 12.3. The van der Waals surface area contributed by atoms with E-state index in [2.05, 4.69) is 5.32 Å². The van der Waals surface area contributed by atoms with Crippen LogP contribution in [-0.2, 0) is 14.8 Å². The van der Waals surface area contributed by atoms with Crippen molar-refractivity contribution in [3.63, 3.8) is 0 Å². The smallest absolute Gasteiger partial charge is 0.232 e. The van der Waals surface area contributed by atoms with Crippen LogP contribution in [0.4, 0.5) is 5.69 Å². The molecule has 1 amide bonds. The van der Waals surface area contributed by atoms with E-state index in [1.54, 1.807) is 19.2 Å². The lowest BCUT2D eigenvalue weighted by molar-refractivity contribution is -0.121. The SMILES string of the molecule is CC[C@H](NC(=O)CCCN(c1cc(Cl)ccc1Cl)S(C)(=O)=O)c1ccc(OC)c(C)c1. The van der Waals surface area contributed by atoms with E-state index in [4.69, 9.17) is 27.9 Å². The molecule has 0 heterocycles. The number of nitrogens with one attached hydrogen (secondary N) is 1. The molecular weight excluding hydrogens is 459 g/mol. The van der Waals surface area contributed by atoms with Gasteiger partial charge in [-0.2, -0.15) is 0 Å². The van der Waals surface area contributed by atoms with Crippen LogP contribution in [0.2, 0.25) is 10.0 Å². The third-order valence-electron chi connectivity index (χ3n) is 4.91. The van der Waals surface area contributed by atoms with Gasteiger partial charge in [0.15, 0.2) is 0 Å². The molecule has 31 heavy (non-hydrogen) atoms. The highest BCUT2D eigenvalue weighted by molar-refractivity contribution is 7.92. The maximum absolute atomic E-state index is 12.5. The van der Waals surface area contributed by atoms with Crippen LogP contribution >= 0.6 is 23.2 Å². The van der Waals surface area contributed by atoms with Crippen molar-refractivity contribution in [2.24, 2.45) is 0 Å². The fraction of sp³-hybridized carbons (Fsp3) is 0.409. The first-order chi connectivity index (χ1) is 14.6. The Labute approximate surface area is 194 Å². The molecule has 0 unspecified atom stereocenters. The number of aryl methyl sites for hydroxylation is 1. The molecule has 1 atom stereocenters. The number of ether oxygens (including phenoxy) is 1. The number of anilines is 1. The third-order valence-corrected chi connectivity index (χ3v) is 6.64. The van der Waals surface area contributed by atoms with Crippen LogP contribution in [0.3, 0.4) is 0 Å². The number of rotatable bonds is 10. The highest BCUT2D eigenvalue weighted by Crippen LogP contribution is 2.31. The van der Waals surface area contributed by atoms with Gasteiger partial charge in [0.05, 0.1) is 30.1 Å². The van der Waals surface area contributed by atoms with E-state index in [1.807, 2.05) is 32.0 Å². The van der Waals surface area contributed by atoms with Gasteiger partial charge in [0.25, 0.3) is 0 Å². The van der Waals surface area contributed by atoms with E-state index in [1.165, 1.54) is 10.4 Å². The first kappa shape index (κ1) is 25.3. The molecule has 0 spiro atoms. The van der Waals surface area contributed by atoms with Crippen LogP contribution in [0.1, 0.15) is 43.4 Å². The Morgan fingerprint density at radius 3 is 2.48 bits per heavy atom. The molecule has 0 radical (unpaired) electrons. The van der Waals surface area contributed by atoms with Gasteiger partial charge in [0.1, 0.15) is 5.75 Å². The van der Waals surface area contributed by atoms with E-state index < -0.39 is 10.0 Å². The lowest BCUT2D eigenvalue weighted by Crippen LogP contribution is -2.33. The Morgan fingerprint density at radius 2 is 1.90 bits per heavy atom. The molecule has 9 heteroatoms. The molecule has 0 aliphatic rings. The molecule has 0 bridgehead atoms. The molecule has 0 fully saturated rings. The van der Waals surface area contributed by atoms with Crippen LogP contribution < -0.4 is 14.4 Å². The second-order valence-electron chi connectivity index (χ2n) is 7.29. The molecule has 170 valence electrons. The Balaban J connectivity index is 2.03. The number of nitrogens with zero attached hydrogens (tertiary/aromatic N) is 1. The number of carbonyl (C=O) groups excluding carboxylic acids is 1. The zero-order valence-corrected chi connectivity index (χ0v) is 20.4. The molecule has 0 aliphatic carbocycles. The number of hydrogen-bond acceptors (Lipinski definition) is 4.